The van der Waals surface area contributed by atoms with Gasteiger partial charge in [0, 0.05) is 22.9 Å². The van der Waals surface area contributed by atoms with Gasteiger partial charge < -0.3 is 9.72 Å². The van der Waals surface area contributed by atoms with Gasteiger partial charge in [0.1, 0.15) is 5.69 Å². The van der Waals surface area contributed by atoms with Crippen molar-refractivity contribution < 1.29 is 14.3 Å². The molecule has 0 aliphatic heterocycles. The zero-order valence-corrected chi connectivity index (χ0v) is 13.4. The molecule has 1 N–H and O–H groups in total. The number of aromatic amines is 1. The molecule has 0 fully saturated rings. The Kier molecular flexibility index (Phi) is 3.92. The summed E-state index contributed by atoms with van der Waals surface area (Å²) in [6.07, 6.45) is 0. The Labute approximate surface area is 138 Å². The highest BCUT2D eigenvalue weighted by Gasteiger charge is 2.22. The van der Waals surface area contributed by atoms with Crippen LogP contribution in [0.1, 0.15) is 28.5 Å². The topological polar surface area (TPSA) is 59.2 Å². The van der Waals surface area contributed by atoms with E-state index in [4.69, 9.17) is 16.3 Å². The normalized spacial score (nSPS) is 10.7. The predicted molar refractivity (Wildman–Crippen MR) is 89.2 cm³/mol. The smallest absolute Gasteiger partial charge is 0.308 e. The molecule has 0 saturated heterocycles. The lowest BCUT2D eigenvalue weighted by atomic mass is 10.1. The van der Waals surface area contributed by atoms with Crippen LogP contribution in [0.4, 0.5) is 0 Å². The van der Waals surface area contributed by atoms with E-state index in [9.17, 15) is 9.59 Å². The zero-order chi connectivity index (χ0) is 16.6. The first-order valence-electron chi connectivity index (χ1n) is 7.06. The second-order valence-electron chi connectivity index (χ2n) is 5.31. The molecule has 0 aliphatic rings. The summed E-state index contributed by atoms with van der Waals surface area (Å²) >= 11 is 5.99. The number of hydrogen-bond donors (Lipinski definition) is 1. The third-order valence-electron chi connectivity index (χ3n) is 3.50. The van der Waals surface area contributed by atoms with Crippen LogP contribution in [0.5, 0.6) is 5.75 Å². The average Bonchev–Trinajstić information content (AvgIpc) is 2.84. The Balaban J connectivity index is 2.16. The lowest BCUT2D eigenvalue weighted by Crippen LogP contribution is -2.08. The lowest BCUT2D eigenvalue weighted by molar-refractivity contribution is -0.131. The number of carbonyl (C=O) groups excluding carboxylic acids is 2. The van der Waals surface area contributed by atoms with Crippen LogP contribution in [0.15, 0.2) is 42.5 Å². The van der Waals surface area contributed by atoms with Crippen molar-refractivity contribution >= 4 is 34.3 Å². The summed E-state index contributed by atoms with van der Waals surface area (Å²) in [6.45, 7) is 3.25. The molecule has 0 aliphatic carbocycles. The lowest BCUT2D eigenvalue weighted by Gasteiger charge is -2.04. The van der Waals surface area contributed by atoms with Crippen LogP contribution < -0.4 is 4.74 Å². The van der Waals surface area contributed by atoms with Crippen molar-refractivity contribution in [2.45, 2.75) is 13.8 Å². The zero-order valence-electron chi connectivity index (χ0n) is 12.6. The molecule has 5 heteroatoms. The summed E-state index contributed by atoms with van der Waals surface area (Å²) in [5, 5.41) is 1.17. The summed E-state index contributed by atoms with van der Waals surface area (Å²) in [5.74, 6) is -0.498. The van der Waals surface area contributed by atoms with Crippen LogP contribution in [-0.4, -0.2) is 16.7 Å². The van der Waals surface area contributed by atoms with Crippen molar-refractivity contribution in [2.75, 3.05) is 0 Å². The molecule has 0 atom stereocenters. The molecule has 4 nitrogen and oxygen atoms in total. The van der Waals surface area contributed by atoms with Crippen LogP contribution in [0.2, 0.25) is 5.02 Å². The predicted octanol–water partition coefficient (Wildman–Crippen LogP) is 4.29. The van der Waals surface area contributed by atoms with E-state index < -0.39 is 5.97 Å². The first-order valence-corrected chi connectivity index (χ1v) is 7.44. The third kappa shape index (κ3) is 2.98. The van der Waals surface area contributed by atoms with Gasteiger partial charge in [-0.25, -0.2) is 0 Å². The van der Waals surface area contributed by atoms with Gasteiger partial charge in [-0.1, -0.05) is 41.4 Å². The summed E-state index contributed by atoms with van der Waals surface area (Å²) < 4.78 is 5.27. The summed E-state index contributed by atoms with van der Waals surface area (Å²) in [4.78, 5) is 27.2. The highest BCUT2D eigenvalue weighted by atomic mass is 35.5. The van der Waals surface area contributed by atoms with Gasteiger partial charge in [-0.3, -0.25) is 9.59 Å². The van der Waals surface area contributed by atoms with Crippen molar-refractivity contribution in [2.24, 2.45) is 0 Å². The minimum absolute atomic E-state index is 0.231. The minimum Gasteiger partial charge on any atom is -0.424 e. The van der Waals surface area contributed by atoms with Gasteiger partial charge in [0.2, 0.25) is 5.78 Å². The Morgan fingerprint density at radius 1 is 1.09 bits per heavy atom. The largest absolute Gasteiger partial charge is 0.424 e. The van der Waals surface area contributed by atoms with Gasteiger partial charge in [-0.05, 0) is 25.1 Å². The van der Waals surface area contributed by atoms with E-state index in [1.165, 1.54) is 6.92 Å². The summed E-state index contributed by atoms with van der Waals surface area (Å²) in [5.41, 5.74) is 2.46. The SMILES string of the molecule is CC(=O)Oc1c(C(=O)c2ccc(C)cc2)[nH]c2cc(Cl)ccc12. The fourth-order valence-electron chi connectivity index (χ4n) is 2.40. The maximum Gasteiger partial charge on any atom is 0.308 e. The Morgan fingerprint density at radius 3 is 2.43 bits per heavy atom. The number of fused-ring (bicyclic) bond motifs is 1. The maximum atomic E-state index is 12.8. The van der Waals surface area contributed by atoms with Crippen molar-refractivity contribution in [3.63, 3.8) is 0 Å². The van der Waals surface area contributed by atoms with Crippen molar-refractivity contribution in [1.82, 2.24) is 4.98 Å². The number of hydrogen-bond acceptors (Lipinski definition) is 3. The number of aryl methyl sites for hydroxylation is 1. The second-order valence-corrected chi connectivity index (χ2v) is 5.74. The van der Waals surface area contributed by atoms with E-state index in [2.05, 4.69) is 4.98 Å². The van der Waals surface area contributed by atoms with E-state index in [0.29, 0.717) is 21.5 Å². The highest BCUT2D eigenvalue weighted by Crippen LogP contribution is 2.33. The molecule has 23 heavy (non-hydrogen) atoms. The van der Waals surface area contributed by atoms with E-state index in [1.807, 2.05) is 19.1 Å². The first kappa shape index (κ1) is 15.3. The van der Waals surface area contributed by atoms with Crippen LogP contribution in [0.25, 0.3) is 10.9 Å². The third-order valence-corrected chi connectivity index (χ3v) is 3.73. The molecule has 3 rings (SSSR count). The van der Waals surface area contributed by atoms with E-state index >= 15 is 0 Å². The standard InChI is InChI=1S/C18H14ClNO3/c1-10-3-5-12(6-4-10)17(22)16-18(23-11(2)21)14-8-7-13(19)9-15(14)20-16/h3-9,20H,1-2H3. The number of aromatic nitrogens is 1. The highest BCUT2D eigenvalue weighted by molar-refractivity contribution is 6.31. The van der Waals surface area contributed by atoms with Crippen LogP contribution in [0, 0.1) is 6.92 Å². The van der Waals surface area contributed by atoms with Gasteiger partial charge >= 0.3 is 5.97 Å². The molecular formula is C18H14ClNO3. The molecule has 0 amide bonds. The van der Waals surface area contributed by atoms with Crippen LogP contribution in [0.3, 0.4) is 0 Å². The van der Waals surface area contributed by atoms with Gasteiger partial charge in [-0.2, -0.15) is 0 Å². The fourth-order valence-corrected chi connectivity index (χ4v) is 2.57. The summed E-state index contributed by atoms with van der Waals surface area (Å²) in [7, 11) is 0. The molecule has 0 unspecified atom stereocenters. The molecule has 1 aromatic heterocycles. The number of benzene rings is 2. The van der Waals surface area contributed by atoms with Gasteiger partial charge in [-0.15, -0.1) is 0 Å². The number of nitrogens with one attached hydrogen (secondary N) is 1. The number of esters is 1. The quantitative estimate of drug-likeness (QED) is 0.576. The minimum atomic E-state index is -0.487. The first-order chi connectivity index (χ1) is 11.0. The number of ether oxygens (including phenoxy) is 1. The van der Waals surface area contributed by atoms with Crippen molar-refractivity contribution in [3.05, 3.63) is 64.3 Å². The molecular weight excluding hydrogens is 314 g/mol. The number of halogens is 1. The van der Waals surface area contributed by atoms with Gasteiger partial charge in [0.05, 0.1) is 5.52 Å². The van der Waals surface area contributed by atoms with Gasteiger partial charge in [0.15, 0.2) is 5.75 Å². The van der Waals surface area contributed by atoms with Gasteiger partial charge in [0.25, 0.3) is 0 Å². The average molecular weight is 328 g/mol. The Hall–Kier alpha value is -2.59. The number of H-pyrrole nitrogens is 1. The summed E-state index contributed by atoms with van der Waals surface area (Å²) in [6, 6.07) is 12.3. The fraction of sp³-hybridized carbons (Fsp3) is 0.111. The van der Waals surface area contributed by atoms with E-state index in [0.717, 1.165) is 5.56 Å². The molecule has 2 aromatic carbocycles. The number of ketones is 1. The Morgan fingerprint density at radius 2 is 1.78 bits per heavy atom. The second kappa shape index (κ2) is 5.89. The molecule has 0 bridgehead atoms. The molecule has 0 radical (unpaired) electrons. The van der Waals surface area contributed by atoms with Crippen molar-refractivity contribution in [1.29, 1.82) is 0 Å². The maximum absolute atomic E-state index is 12.8. The van der Waals surface area contributed by atoms with E-state index in [1.54, 1.807) is 30.3 Å². The monoisotopic (exact) mass is 327 g/mol. The Bertz CT molecular complexity index is 910. The molecule has 1 heterocycles. The number of carbonyl (C=O) groups is 2. The van der Waals surface area contributed by atoms with Crippen LogP contribution in [-0.2, 0) is 4.79 Å². The molecule has 3 aromatic rings. The molecule has 0 saturated carbocycles. The molecule has 0 spiro atoms. The number of rotatable bonds is 3. The van der Waals surface area contributed by atoms with Crippen molar-refractivity contribution in [3.8, 4) is 5.75 Å². The molecule has 116 valence electrons. The van der Waals surface area contributed by atoms with E-state index in [-0.39, 0.29) is 17.2 Å². The van der Waals surface area contributed by atoms with Crippen LogP contribution >= 0.6 is 11.6 Å².